The molecule has 1 aliphatic rings. The van der Waals surface area contributed by atoms with Gasteiger partial charge in [-0.05, 0) is 30.7 Å². The fourth-order valence-electron chi connectivity index (χ4n) is 3.13. The number of carboxylic acid groups (broad SMARTS) is 1. The van der Waals surface area contributed by atoms with Crippen LogP contribution in [0.3, 0.4) is 0 Å². The Kier molecular flexibility index (Phi) is 6.12. The van der Waals surface area contributed by atoms with Crippen molar-refractivity contribution in [2.75, 3.05) is 6.54 Å². The molecule has 5 nitrogen and oxygen atoms in total. The third-order valence-electron chi connectivity index (χ3n) is 4.34. The second-order valence-electron chi connectivity index (χ2n) is 6.80. The van der Waals surface area contributed by atoms with Crippen molar-refractivity contribution in [3.8, 4) is 0 Å². The Hall–Kier alpha value is -2.17. The van der Waals surface area contributed by atoms with Crippen molar-refractivity contribution in [3.05, 3.63) is 35.4 Å². The predicted molar refractivity (Wildman–Crippen MR) is 90.9 cm³/mol. The number of ketones is 1. The molecule has 1 aliphatic heterocycles. The van der Waals surface area contributed by atoms with Gasteiger partial charge in [0, 0.05) is 24.9 Å². The van der Waals surface area contributed by atoms with E-state index in [4.69, 9.17) is 5.11 Å². The second-order valence-corrected chi connectivity index (χ2v) is 6.80. The first kappa shape index (κ1) is 18.2. The Morgan fingerprint density at radius 3 is 2.42 bits per heavy atom. The van der Waals surface area contributed by atoms with Crippen LogP contribution in [0.4, 0.5) is 0 Å². The fraction of sp³-hybridized carbons (Fsp3) is 0.526. The molecular weight excluding hydrogens is 306 g/mol. The number of benzene rings is 1. The van der Waals surface area contributed by atoms with E-state index in [0.717, 1.165) is 6.42 Å². The van der Waals surface area contributed by atoms with E-state index in [9.17, 15) is 14.4 Å². The van der Waals surface area contributed by atoms with Gasteiger partial charge >= 0.3 is 5.97 Å². The van der Waals surface area contributed by atoms with Crippen molar-refractivity contribution in [1.82, 2.24) is 4.90 Å². The van der Waals surface area contributed by atoms with Gasteiger partial charge in [-0.3, -0.25) is 9.59 Å². The van der Waals surface area contributed by atoms with Crippen LogP contribution < -0.4 is 0 Å². The fourth-order valence-corrected chi connectivity index (χ4v) is 3.13. The Morgan fingerprint density at radius 1 is 1.17 bits per heavy atom. The number of carboxylic acids is 1. The molecule has 0 bridgehead atoms. The average Bonchev–Trinajstić information content (AvgIpc) is 3.02. The molecule has 1 aromatic rings. The van der Waals surface area contributed by atoms with Gasteiger partial charge in [-0.1, -0.05) is 38.1 Å². The minimum Gasteiger partial charge on any atom is -0.480 e. The third kappa shape index (κ3) is 4.66. The van der Waals surface area contributed by atoms with E-state index in [-0.39, 0.29) is 24.5 Å². The van der Waals surface area contributed by atoms with Crippen LogP contribution in [0.15, 0.2) is 24.3 Å². The minimum atomic E-state index is -0.965. The monoisotopic (exact) mass is 331 g/mol. The van der Waals surface area contributed by atoms with Crippen LogP contribution in [-0.2, 0) is 16.0 Å². The summed E-state index contributed by atoms with van der Waals surface area (Å²) >= 11 is 0. The van der Waals surface area contributed by atoms with Gasteiger partial charge in [0.2, 0.25) is 5.91 Å². The number of Topliss-reactive ketones (excluding diaryl/α,β-unsaturated/α-hetero) is 1. The van der Waals surface area contributed by atoms with E-state index in [1.165, 1.54) is 10.5 Å². The molecule has 2 rings (SSSR count). The number of amides is 1. The van der Waals surface area contributed by atoms with E-state index in [2.05, 4.69) is 13.8 Å². The molecule has 1 saturated heterocycles. The number of hydrogen-bond donors (Lipinski definition) is 1. The maximum Gasteiger partial charge on any atom is 0.326 e. The summed E-state index contributed by atoms with van der Waals surface area (Å²) < 4.78 is 0. The number of carbonyl (C=O) groups excluding carboxylic acids is 2. The molecular formula is C19H25NO4. The van der Waals surface area contributed by atoms with E-state index in [0.29, 0.717) is 30.9 Å². The Bertz CT molecular complexity index is 606. The van der Waals surface area contributed by atoms with Crippen LogP contribution in [0, 0.1) is 5.92 Å². The zero-order valence-electron chi connectivity index (χ0n) is 14.3. The quantitative estimate of drug-likeness (QED) is 0.780. The maximum atomic E-state index is 12.2. The van der Waals surface area contributed by atoms with Crippen LogP contribution in [0.25, 0.3) is 0 Å². The summed E-state index contributed by atoms with van der Waals surface area (Å²) in [5.41, 5.74) is 1.80. The molecule has 1 atom stereocenters. The molecule has 0 spiro atoms. The molecule has 1 fully saturated rings. The van der Waals surface area contributed by atoms with Gasteiger partial charge in [-0.25, -0.2) is 4.79 Å². The van der Waals surface area contributed by atoms with Crippen LogP contribution in [0.1, 0.15) is 55.5 Å². The SMILES string of the molecule is CC(C)Cc1ccc(C(=O)CCC(=O)N2CCC[C@@H]2C(=O)O)cc1. The lowest BCUT2D eigenvalue weighted by atomic mass is 9.99. The molecule has 130 valence electrons. The topological polar surface area (TPSA) is 74.7 Å². The van der Waals surface area contributed by atoms with Gasteiger partial charge in [-0.2, -0.15) is 0 Å². The van der Waals surface area contributed by atoms with Crippen molar-refractivity contribution in [2.45, 2.75) is 52.0 Å². The summed E-state index contributed by atoms with van der Waals surface area (Å²) in [6.45, 7) is 4.76. The largest absolute Gasteiger partial charge is 0.480 e. The zero-order chi connectivity index (χ0) is 17.7. The van der Waals surface area contributed by atoms with Crippen molar-refractivity contribution in [3.63, 3.8) is 0 Å². The number of hydrogen-bond acceptors (Lipinski definition) is 3. The molecule has 0 unspecified atom stereocenters. The van der Waals surface area contributed by atoms with Gasteiger partial charge in [0.25, 0.3) is 0 Å². The number of rotatable bonds is 7. The van der Waals surface area contributed by atoms with Crippen molar-refractivity contribution in [2.24, 2.45) is 5.92 Å². The summed E-state index contributed by atoms with van der Waals surface area (Å²) in [6, 6.07) is 6.79. The van der Waals surface area contributed by atoms with Crippen LogP contribution in [-0.4, -0.2) is 40.3 Å². The van der Waals surface area contributed by atoms with Crippen LogP contribution in [0.2, 0.25) is 0 Å². The predicted octanol–water partition coefficient (Wildman–Crippen LogP) is 2.92. The highest BCUT2D eigenvalue weighted by atomic mass is 16.4. The lowest BCUT2D eigenvalue weighted by Gasteiger charge is -2.21. The smallest absolute Gasteiger partial charge is 0.326 e. The number of carbonyl (C=O) groups is 3. The second kappa shape index (κ2) is 8.08. The molecule has 0 aliphatic carbocycles. The van der Waals surface area contributed by atoms with Gasteiger partial charge in [0.15, 0.2) is 5.78 Å². The zero-order valence-corrected chi connectivity index (χ0v) is 14.3. The van der Waals surface area contributed by atoms with E-state index in [1.807, 2.05) is 12.1 Å². The van der Waals surface area contributed by atoms with Crippen molar-refractivity contribution in [1.29, 1.82) is 0 Å². The summed E-state index contributed by atoms with van der Waals surface area (Å²) in [4.78, 5) is 36.9. The lowest BCUT2D eigenvalue weighted by molar-refractivity contribution is -0.148. The molecule has 5 heteroatoms. The summed E-state index contributed by atoms with van der Waals surface area (Å²) in [6.07, 6.45) is 2.35. The average molecular weight is 331 g/mol. The number of aliphatic carboxylic acids is 1. The first-order valence-corrected chi connectivity index (χ1v) is 8.53. The lowest BCUT2D eigenvalue weighted by Crippen LogP contribution is -2.40. The number of likely N-dealkylation sites (tertiary alicyclic amines) is 1. The maximum absolute atomic E-state index is 12.2. The summed E-state index contributed by atoms with van der Waals surface area (Å²) in [5, 5.41) is 9.12. The molecule has 0 aromatic heterocycles. The molecule has 1 aromatic carbocycles. The Morgan fingerprint density at radius 2 is 1.83 bits per heavy atom. The molecule has 0 saturated carbocycles. The molecule has 1 amide bonds. The minimum absolute atomic E-state index is 0.0658. The highest BCUT2D eigenvalue weighted by Crippen LogP contribution is 2.19. The van der Waals surface area contributed by atoms with Gasteiger partial charge in [-0.15, -0.1) is 0 Å². The Labute approximate surface area is 142 Å². The molecule has 0 radical (unpaired) electrons. The van der Waals surface area contributed by atoms with Gasteiger partial charge in [0.05, 0.1) is 0 Å². The molecule has 1 N–H and O–H groups in total. The van der Waals surface area contributed by atoms with E-state index in [1.54, 1.807) is 12.1 Å². The Balaban J connectivity index is 1.88. The normalized spacial score (nSPS) is 17.3. The van der Waals surface area contributed by atoms with Gasteiger partial charge < -0.3 is 10.0 Å². The third-order valence-corrected chi connectivity index (χ3v) is 4.34. The van der Waals surface area contributed by atoms with Crippen molar-refractivity contribution >= 4 is 17.7 Å². The van der Waals surface area contributed by atoms with Crippen LogP contribution >= 0.6 is 0 Å². The van der Waals surface area contributed by atoms with Crippen LogP contribution in [0.5, 0.6) is 0 Å². The van der Waals surface area contributed by atoms with Crippen molar-refractivity contribution < 1.29 is 19.5 Å². The first-order valence-electron chi connectivity index (χ1n) is 8.53. The number of nitrogens with zero attached hydrogens (tertiary/aromatic N) is 1. The van der Waals surface area contributed by atoms with Gasteiger partial charge in [0.1, 0.15) is 6.04 Å². The standard InChI is InChI=1S/C19H25NO4/c1-13(2)12-14-5-7-15(8-6-14)17(21)9-10-18(22)20-11-3-4-16(20)19(23)24/h5-8,13,16H,3-4,9-12H2,1-2H3,(H,23,24)/t16-/m1/s1. The first-order chi connectivity index (χ1) is 11.4. The molecule has 1 heterocycles. The summed E-state index contributed by atoms with van der Waals surface area (Å²) in [5.74, 6) is -0.727. The highest BCUT2D eigenvalue weighted by molar-refractivity contribution is 5.98. The van der Waals surface area contributed by atoms with E-state index >= 15 is 0 Å². The summed E-state index contributed by atoms with van der Waals surface area (Å²) in [7, 11) is 0. The van der Waals surface area contributed by atoms with E-state index < -0.39 is 12.0 Å². The highest BCUT2D eigenvalue weighted by Gasteiger charge is 2.33. The molecule has 24 heavy (non-hydrogen) atoms.